The van der Waals surface area contributed by atoms with Crippen LogP contribution in [0, 0.1) is 6.92 Å². The second kappa shape index (κ2) is 4.16. The minimum absolute atomic E-state index is 0.310. The first-order valence-corrected chi connectivity index (χ1v) is 4.98. The molecular formula is C10H15N5. The molecule has 2 aromatic rings. The van der Waals surface area contributed by atoms with E-state index in [1.807, 2.05) is 30.2 Å². The van der Waals surface area contributed by atoms with E-state index in [9.17, 15) is 0 Å². The third kappa shape index (κ3) is 2.59. The number of rotatable bonds is 4. The molecule has 0 amide bonds. The molecule has 5 heteroatoms. The molecule has 0 bridgehead atoms. The Hall–Kier alpha value is -1.78. The maximum Gasteiger partial charge on any atom is 0.200 e. The summed E-state index contributed by atoms with van der Waals surface area (Å²) in [6, 6.07) is 0.310. The SMILES string of the molecule is Cc1cnc(NC(C)Cn2ccnc2)[nH]1. The zero-order valence-electron chi connectivity index (χ0n) is 8.94. The van der Waals surface area contributed by atoms with Crippen molar-refractivity contribution < 1.29 is 0 Å². The Labute approximate surface area is 88.6 Å². The maximum absolute atomic E-state index is 4.19. The molecule has 1 atom stereocenters. The van der Waals surface area contributed by atoms with Gasteiger partial charge in [-0.2, -0.15) is 0 Å². The largest absolute Gasteiger partial charge is 0.352 e. The van der Waals surface area contributed by atoms with Crippen LogP contribution in [0.3, 0.4) is 0 Å². The fraction of sp³-hybridized carbons (Fsp3) is 0.400. The van der Waals surface area contributed by atoms with Crippen LogP contribution in [0.2, 0.25) is 0 Å². The molecule has 80 valence electrons. The normalized spacial score (nSPS) is 12.7. The van der Waals surface area contributed by atoms with Crippen LogP contribution in [0.4, 0.5) is 5.95 Å². The van der Waals surface area contributed by atoms with Crippen molar-refractivity contribution >= 4 is 5.95 Å². The van der Waals surface area contributed by atoms with E-state index >= 15 is 0 Å². The van der Waals surface area contributed by atoms with E-state index in [-0.39, 0.29) is 0 Å². The van der Waals surface area contributed by atoms with Crippen LogP contribution in [-0.2, 0) is 6.54 Å². The zero-order valence-corrected chi connectivity index (χ0v) is 8.94. The molecule has 0 aromatic carbocycles. The summed E-state index contributed by atoms with van der Waals surface area (Å²) >= 11 is 0. The van der Waals surface area contributed by atoms with Crippen LogP contribution in [0.15, 0.2) is 24.9 Å². The number of hydrogen-bond donors (Lipinski definition) is 2. The molecule has 0 aliphatic heterocycles. The van der Waals surface area contributed by atoms with E-state index in [2.05, 4.69) is 27.2 Å². The molecular weight excluding hydrogens is 190 g/mol. The van der Waals surface area contributed by atoms with Crippen LogP contribution >= 0.6 is 0 Å². The van der Waals surface area contributed by atoms with Crippen molar-refractivity contribution in [2.24, 2.45) is 0 Å². The highest BCUT2D eigenvalue weighted by atomic mass is 15.1. The molecule has 0 saturated heterocycles. The Balaban J connectivity index is 1.90. The van der Waals surface area contributed by atoms with E-state index in [1.54, 1.807) is 6.20 Å². The van der Waals surface area contributed by atoms with Crippen molar-refractivity contribution in [3.63, 3.8) is 0 Å². The lowest BCUT2D eigenvalue weighted by atomic mass is 10.3. The summed E-state index contributed by atoms with van der Waals surface area (Å²) in [6.07, 6.45) is 7.35. The van der Waals surface area contributed by atoms with Crippen LogP contribution in [-0.4, -0.2) is 25.6 Å². The number of imidazole rings is 2. The molecule has 0 fully saturated rings. The van der Waals surface area contributed by atoms with Gasteiger partial charge in [0, 0.05) is 36.9 Å². The molecule has 1 unspecified atom stereocenters. The first kappa shape index (κ1) is 9.76. The molecule has 0 spiro atoms. The van der Waals surface area contributed by atoms with Crippen molar-refractivity contribution in [2.45, 2.75) is 26.4 Å². The van der Waals surface area contributed by atoms with Gasteiger partial charge in [-0.15, -0.1) is 0 Å². The van der Waals surface area contributed by atoms with Gasteiger partial charge >= 0.3 is 0 Å². The third-order valence-electron chi connectivity index (χ3n) is 2.13. The van der Waals surface area contributed by atoms with E-state index in [0.717, 1.165) is 18.2 Å². The Morgan fingerprint density at radius 2 is 2.47 bits per heavy atom. The van der Waals surface area contributed by atoms with E-state index in [4.69, 9.17) is 0 Å². The van der Waals surface area contributed by atoms with E-state index < -0.39 is 0 Å². The summed E-state index contributed by atoms with van der Waals surface area (Å²) in [5.74, 6) is 0.820. The highest BCUT2D eigenvalue weighted by molar-refractivity contribution is 5.26. The molecule has 0 aliphatic carbocycles. The predicted molar refractivity (Wildman–Crippen MR) is 58.6 cm³/mol. The van der Waals surface area contributed by atoms with Crippen LogP contribution in [0.1, 0.15) is 12.6 Å². The number of hydrogen-bond acceptors (Lipinski definition) is 3. The smallest absolute Gasteiger partial charge is 0.200 e. The Bertz CT molecular complexity index is 403. The minimum Gasteiger partial charge on any atom is -0.352 e. The molecule has 0 saturated carbocycles. The fourth-order valence-electron chi connectivity index (χ4n) is 1.48. The minimum atomic E-state index is 0.310. The summed E-state index contributed by atoms with van der Waals surface area (Å²) in [6.45, 7) is 4.97. The Morgan fingerprint density at radius 3 is 3.07 bits per heavy atom. The number of aryl methyl sites for hydroxylation is 1. The first-order chi connectivity index (χ1) is 7.24. The maximum atomic E-state index is 4.19. The highest BCUT2D eigenvalue weighted by Gasteiger charge is 2.04. The fourth-order valence-corrected chi connectivity index (χ4v) is 1.48. The topological polar surface area (TPSA) is 58.5 Å². The lowest BCUT2D eigenvalue weighted by Gasteiger charge is -2.13. The average molecular weight is 205 g/mol. The molecule has 2 rings (SSSR count). The van der Waals surface area contributed by atoms with Gasteiger partial charge in [0.15, 0.2) is 0 Å². The summed E-state index contributed by atoms with van der Waals surface area (Å²) in [5.41, 5.74) is 1.06. The van der Waals surface area contributed by atoms with Gasteiger partial charge in [0.25, 0.3) is 0 Å². The standard InChI is InChI=1S/C10H15N5/c1-8-5-12-10(13-8)14-9(2)6-15-4-3-11-7-15/h3-5,7,9H,6H2,1-2H3,(H2,12,13,14). The summed E-state index contributed by atoms with van der Waals surface area (Å²) < 4.78 is 2.04. The first-order valence-electron chi connectivity index (χ1n) is 4.98. The van der Waals surface area contributed by atoms with Crippen LogP contribution in [0.5, 0.6) is 0 Å². The number of nitrogens with one attached hydrogen (secondary N) is 2. The highest BCUT2D eigenvalue weighted by Crippen LogP contribution is 2.03. The quantitative estimate of drug-likeness (QED) is 0.793. The Kier molecular flexibility index (Phi) is 2.71. The number of H-pyrrole nitrogens is 1. The molecule has 2 heterocycles. The van der Waals surface area contributed by atoms with E-state index in [1.165, 1.54) is 0 Å². The number of aromatic amines is 1. The monoisotopic (exact) mass is 205 g/mol. The number of aromatic nitrogens is 4. The second-order valence-corrected chi connectivity index (χ2v) is 3.72. The van der Waals surface area contributed by atoms with Crippen LogP contribution in [0.25, 0.3) is 0 Å². The molecule has 0 aliphatic rings. The predicted octanol–water partition coefficient (Wildman–Crippen LogP) is 1.42. The Morgan fingerprint density at radius 1 is 1.60 bits per heavy atom. The van der Waals surface area contributed by atoms with Gasteiger partial charge in [0.05, 0.1) is 6.33 Å². The van der Waals surface area contributed by atoms with Gasteiger partial charge in [-0.3, -0.25) is 0 Å². The molecule has 15 heavy (non-hydrogen) atoms. The zero-order chi connectivity index (χ0) is 10.7. The van der Waals surface area contributed by atoms with Crippen molar-refractivity contribution in [3.05, 3.63) is 30.6 Å². The number of anilines is 1. The number of nitrogens with zero attached hydrogens (tertiary/aromatic N) is 3. The second-order valence-electron chi connectivity index (χ2n) is 3.72. The van der Waals surface area contributed by atoms with Gasteiger partial charge in [0.2, 0.25) is 5.95 Å². The van der Waals surface area contributed by atoms with Crippen molar-refractivity contribution in [3.8, 4) is 0 Å². The van der Waals surface area contributed by atoms with E-state index in [0.29, 0.717) is 6.04 Å². The molecule has 2 N–H and O–H groups in total. The molecule has 5 nitrogen and oxygen atoms in total. The van der Waals surface area contributed by atoms with Gasteiger partial charge in [0.1, 0.15) is 0 Å². The van der Waals surface area contributed by atoms with Crippen molar-refractivity contribution in [2.75, 3.05) is 5.32 Å². The average Bonchev–Trinajstić information content (AvgIpc) is 2.77. The lowest BCUT2D eigenvalue weighted by molar-refractivity contribution is 0.615. The summed E-state index contributed by atoms with van der Waals surface area (Å²) in [7, 11) is 0. The summed E-state index contributed by atoms with van der Waals surface area (Å²) in [4.78, 5) is 11.3. The third-order valence-corrected chi connectivity index (χ3v) is 2.13. The van der Waals surface area contributed by atoms with Crippen molar-refractivity contribution in [1.29, 1.82) is 0 Å². The lowest BCUT2D eigenvalue weighted by Crippen LogP contribution is -2.21. The van der Waals surface area contributed by atoms with Gasteiger partial charge in [-0.05, 0) is 13.8 Å². The molecule has 0 radical (unpaired) electrons. The van der Waals surface area contributed by atoms with Gasteiger partial charge in [-0.1, -0.05) is 0 Å². The summed E-state index contributed by atoms with van der Waals surface area (Å²) in [5, 5.41) is 3.29. The van der Waals surface area contributed by atoms with Crippen LogP contribution < -0.4 is 5.32 Å². The van der Waals surface area contributed by atoms with Gasteiger partial charge in [-0.25, -0.2) is 9.97 Å². The van der Waals surface area contributed by atoms with Gasteiger partial charge < -0.3 is 14.9 Å². The van der Waals surface area contributed by atoms with Crippen molar-refractivity contribution in [1.82, 2.24) is 19.5 Å². The molecule has 2 aromatic heterocycles.